The molecule has 90 valence electrons. The Morgan fingerprint density at radius 1 is 1.00 bits per heavy atom. The van der Waals surface area contributed by atoms with Crippen LogP contribution in [-0.4, -0.2) is 17.3 Å². The highest BCUT2D eigenvalue weighted by Gasteiger charge is 2.24. The Morgan fingerprint density at radius 3 is 2.33 bits per heavy atom. The summed E-state index contributed by atoms with van der Waals surface area (Å²) in [4.78, 5) is 0. The lowest BCUT2D eigenvalue weighted by molar-refractivity contribution is 0.0544. The highest BCUT2D eigenvalue weighted by atomic mass is 32.2. The van der Waals surface area contributed by atoms with E-state index in [4.69, 9.17) is 4.74 Å². The third kappa shape index (κ3) is 5.82. The Bertz CT molecular complexity index is 133. The molecule has 1 fully saturated rings. The van der Waals surface area contributed by atoms with E-state index in [1.807, 2.05) is 11.8 Å². The highest BCUT2D eigenvalue weighted by Crippen LogP contribution is 2.31. The fourth-order valence-electron chi connectivity index (χ4n) is 1.99. The number of ether oxygens (including phenoxy) is 1. The molecule has 0 N–H and O–H groups in total. The van der Waals surface area contributed by atoms with E-state index in [0.717, 1.165) is 0 Å². The summed E-state index contributed by atoms with van der Waals surface area (Å²) in [5, 5.41) is 0. The van der Waals surface area contributed by atoms with E-state index in [0.29, 0.717) is 11.5 Å². The van der Waals surface area contributed by atoms with Crippen molar-refractivity contribution >= 4 is 11.8 Å². The molecule has 0 bridgehead atoms. The number of hydrogen-bond acceptors (Lipinski definition) is 2. The topological polar surface area (TPSA) is 9.23 Å². The minimum atomic E-state index is 0.517. The average molecular weight is 230 g/mol. The molecule has 1 saturated heterocycles. The predicted octanol–water partition coefficient (Wildman–Crippen LogP) is 4.61. The van der Waals surface area contributed by atoms with Gasteiger partial charge in [-0.1, -0.05) is 52.4 Å². The van der Waals surface area contributed by atoms with Crippen LogP contribution in [0.25, 0.3) is 0 Å². The van der Waals surface area contributed by atoms with Crippen molar-refractivity contribution in [1.29, 1.82) is 0 Å². The first-order valence-electron chi connectivity index (χ1n) is 6.63. The lowest BCUT2D eigenvalue weighted by Crippen LogP contribution is -2.11. The third-order valence-corrected chi connectivity index (χ3v) is 4.27. The Balaban J connectivity index is 1.99. The average Bonchev–Trinajstić information content (AvgIpc) is 2.67. The van der Waals surface area contributed by atoms with E-state index in [1.54, 1.807) is 0 Å². The van der Waals surface area contributed by atoms with Crippen LogP contribution in [0.4, 0.5) is 0 Å². The van der Waals surface area contributed by atoms with Gasteiger partial charge in [-0.3, -0.25) is 0 Å². The van der Waals surface area contributed by atoms with E-state index in [2.05, 4.69) is 13.8 Å². The molecule has 1 rings (SSSR count). The minimum absolute atomic E-state index is 0.517. The van der Waals surface area contributed by atoms with Crippen LogP contribution in [0.2, 0.25) is 0 Å². The molecule has 0 aromatic heterocycles. The molecule has 0 aliphatic carbocycles. The number of hydrogen-bond donors (Lipinski definition) is 0. The molecule has 0 saturated carbocycles. The maximum absolute atomic E-state index is 6.02. The van der Waals surface area contributed by atoms with Gasteiger partial charge in [-0.25, -0.2) is 0 Å². The Hall–Kier alpha value is 0.310. The molecule has 1 aliphatic heterocycles. The van der Waals surface area contributed by atoms with Gasteiger partial charge in [-0.2, -0.15) is 0 Å². The van der Waals surface area contributed by atoms with Crippen LogP contribution in [0.3, 0.4) is 0 Å². The zero-order chi connectivity index (χ0) is 10.9. The van der Waals surface area contributed by atoms with Crippen molar-refractivity contribution in [1.82, 2.24) is 0 Å². The molecule has 2 heteroatoms. The maximum Gasteiger partial charge on any atom is 0.103 e. The molecule has 2 atom stereocenters. The minimum Gasteiger partial charge on any atom is -0.364 e. The summed E-state index contributed by atoms with van der Waals surface area (Å²) in [5.41, 5.74) is 0.517. The summed E-state index contributed by atoms with van der Waals surface area (Å²) in [6.45, 7) is 4.52. The molecule has 1 heterocycles. The molecule has 0 aromatic carbocycles. The summed E-state index contributed by atoms with van der Waals surface area (Å²) in [5.74, 6) is 1.24. The van der Waals surface area contributed by atoms with Crippen LogP contribution in [-0.2, 0) is 4.74 Å². The first-order valence-corrected chi connectivity index (χ1v) is 7.68. The Morgan fingerprint density at radius 2 is 1.67 bits per heavy atom. The van der Waals surface area contributed by atoms with E-state index in [9.17, 15) is 0 Å². The number of unbranched alkanes of at least 4 members (excludes halogenated alkanes) is 4. The molecule has 2 unspecified atom stereocenters. The second-order valence-corrected chi connectivity index (χ2v) is 5.70. The van der Waals surface area contributed by atoms with Crippen LogP contribution >= 0.6 is 11.8 Å². The summed E-state index contributed by atoms with van der Waals surface area (Å²) in [6.07, 6.45) is 11.2. The van der Waals surface area contributed by atoms with Gasteiger partial charge in [0.05, 0.1) is 6.10 Å². The molecule has 1 aliphatic rings. The van der Waals surface area contributed by atoms with Crippen molar-refractivity contribution in [2.75, 3.05) is 5.75 Å². The van der Waals surface area contributed by atoms with Crippen molar-refractivity contribution in [3.63, 3.8) is 0 Å². The quantitative estimate of drug-likeness (QED) is 0.563. The largest absolute Gasteiger partial charge is 0.364 e. The summed E-state index contributed by atoms with van der Waals surface area (Å²) in [6, 6.07) is 0. The molecule has 0 amide bonds. The molecular formula is C13H26OS. The Labute approximate surface area is 99.3 Å². The van der Waals surface area contributed by atoms with Gasteiger partial charge in [0.25, 0.3) is 0 Å². The fourth-order valence-corrected chi connectivity index (χ4v) is 3.24. The van der Waals surface area contributed by atoms with Gasteiger partial charge >= 0.3 is 0 Å². The normalized spacial score (nSPS) is 26.0. The second kappa shape index (κ2) is 8.46. The second-order valence-electron chi connectivity index (χ2n) is 4.51. The van der Waals surface area contributed by atoms with E-state index < -0.39 is 0 Å². The molecule has 15 heavy (non-hydrogen) atoms. The van der Waals surface area contributed by atoms with Crippen LogP contribution < -0.4 is 0 Å². The molecule has 0 aromatic rings. The first kappa shape index (κ1) is 13.4. The van der Waals surface area contributed by atoms with Crippen molar-refractivity contribution in [3.8, 4) is 0 Å². The molecule has 1 nitrogen and oxygen atoms in total. The first-order chi connectivity index (χ1) is 7.36. The van der Waals surface area contributed by atoms with Gasteiger partial charge in [-0.15, -0.1) is 11.8 Å². The van der Waals surface area contributed by atoms with Crippen LogP contribution in [0, 0.1) is 0 Å². The SMILES string of the molecule is CCCCCC1CSC(CCCCC)O1. The van der Waals surface area contributed by atoms with Crippen LogP contribution in [0.15, 0.2) is 0 Å². The lowest BCUT2D eigenvalue weighted by atomic mass is 10.1. The van der Waals surface area contributed by atoms with Crippen molar-refractivity contribution in [2.24, 2.45) is 0 Å². The molecular weight excluding hydrogens is 204 g/mol. The van der Waals surface area contributed by atoms with E-state index in [-0.39, 0.29) is 0 Å². The standard InChI is InChI=1S/C13H26OS/c1-3-5-7-9-12-11-15-13(14-12)10-8-6-4-2/h12-13H,3-11H2,1-2H3. The lowest BCUT2D eigenvalue weighted by Gasteiger charge is -2.12. The zero-order valence-electron chi connectivity index (χ0n) is 10.3. The van der Waals surface area contributed by atoms with Crippen molar-refractivity contribution in [2.45, 2.75) is 76.8 Å². The molecule has 0 spiro atoms. The maximum atomic E-state index is 6.02. The van der Waals surface area contributed by atoms with Crippen molar-refractivity contribution < 1.29 is 4.74 Å². The monoisotopic (exact) mass is 230 g/mol. The van der Waals surface area contributed by atoms with Gasteiger partial charge in [0, 0.05) is 5.75 Å². The fraction of sp³-hybridized carbons (Fsp3) is 1.00. The summed E-state index contributed by atoms with van der Waals surface area (Å²) in [7, 11) is 0. The number of rotatable bonds is 8. The smallest absolute Gasteiger partial charge is 0.103 e. The summed E-state index contributed by atoms with van der Waals surface area (Å²) < 4.78 is 6.02. The van der Waals surface area contributed by atoms with Gasteiger partial charge in [0.1, 0.15) is 5.44 Å². The van der Waals surface area contributed by atoms with E-state index >= 15 is 0 Å². The van der Waals surface area contributed by atoms with Crippen LogP contribution in [0.5, 0.6) is 0 Å². The van der Waals surface area contributed by atoms with Gasteiger partial charge in [0.15, 0.2) is 0 Å². The molecule has 0 radical (unpaired) electrons. The van der Waals surface area contributed by atoms with Crippen molar-refractivity contribution in [3.05, 3.63) is 0 Å². The summed E-state index contributed by atoms with van der Waals surface area (Å²) >= 11 is 2.04. The van der Waals surface area contributed by atoms with Gasteiger partial charge in [-0.05, 0) is 12.8 Å². The Kier molecular flexibility index (Phi) is 7.54. The van der Waals surface area contributed by atoms with Gasteiger partial charge < -0.3 is 4.74 Å². The highest BCUT2D eigenvalue weighted by molar-refractivity contribution is 8.00. The van der Waals surface area contributed by atoms with Crippen LogP contribution in [0.1, 0.15) is 65.2 Å². The van der Waals surface area contributed by atoms with Gasteiger partial charge in [0.2, 0.25) is 0 Å². The third-order valence-electron chi connectivity index (χ3n) is 2.99. The number of thioether (sulfide) groups is 1. The predicted molar refractivity (Wildman–Crippen MR) is 69.4 cm³/mol. The van der Waals surface area contributed by atoms with E-state index in [1.165, 1.54) is 57.1 Å². The zero-order valence-corrected chi connectivity index (χ0v) is 11.2.